The zero-order valence-electron chi connectivity index (χ0n) is 10.5. The molecule has 100 valence electrons. The highest BCUT2D eigenvalue weighted by molar-refractivity contribution is 7.98. The van der Waals surface area contributed by atoms with Crippen molar-refractivity contribution in [1.29, 1.82) is 0 Å². The maximum Gasteiger partial charge on any atom is 0.252 e. The first kappa shape index (κ1) is 14.4. The van der Waals surface area contributed by atoms with Gasteiger partial charge in [-0.3, -0.25) is 4.79 Å². The Kier molecular flexibility index (Phi) is 5.31. The summed E-state index contributed by atoms with van der Waals surface area (Å²) >= 11 is 9.35. The van der Waals surface area contributed by atoms with Gasteiger partial charge in [0.05, 0.1) is 10.6 Å². The van der Waals surface area contributed by atoms with Crippen molar-refractivity contribution in [2.75, 3.05) is 12.8 Å². The van der Waals surface area contributed by atoms with Crippen molar-refractivity contribution in [3.8, 4) is 0 Å². The Morgan fingerprint density at radius 1 is 1.42 bits per heavy atom. The SMILES string of the molecule is CSc1ccc(Cl)c(C(=O)NCCc2cccs2)c1. The Bertz CT molecular complexity index is 555. The van der Waals surface area contributed by atoms with Gasteiger partial charge in [0.25, 0.3) is 5.91 Å². The summed E-state index contributed by atoms with van der Waals surface area (Å²) in [6.45, 7) is 0.624. The number of amides is 1. The Hall–Kier alpha value is -0.970. The van der Waals surface area contributed by atoms with Crippen molar-refractivity contribution >= 4 is 40.6 Å². The second-order valence-electron chi connectivity index (χ2n) is 3.93. The van der Waals surface area contributed by atoms with Crippen LogP contribution < -0.4 is 5.32 Å². The fourth-order valence-corrected chi connectivity index (χ4v) is 3.01. The number of nitrogens with one attached hydrogen (secondary N) is 1. The Morgan fingerprint density at radius 3 is 2.95 bits per heavy atom. The number of rotatable bonds is 5. The van der Waals surface area contributed by atoms with Crippen molar-refractivity contribution in [3.63, 3.8) is 0 Å². The molecule has 1 aromatic heterocycles. The van der Waals surface area contributed by atoms with Gasteiger partial charge in [-0.2, -0.15) is 0 Å². The lowest BCUT2D eigenvalue weighted by atomic mass is 10.2. The van der Waals surface area contributed by atoms with E-state index in [1.165, 1.54) is 4.88 Å². The first-order valence-electron chi connectivity index (χ1n) is 5.85. The lowest BCUT2D eigenvalue weighted by molar-refractivity contribution is 0.0954. The predicted octanol–water partition coefficient (Wildman–Crippen LogP) is 4.10. The van der Waals surface area contributed by atoms with Crippen LogP contribution in [-0.2, 0) is 6.42 Å². The van der Waals surface area contributed by atoms with Gasteiger partial charge < -0.3 is 5.32 Å². The Balaban J connectivity index is 1.95. The van der Waals surface area contributed by atoms with E-state index < -0.39 is 0 Å². The normalized spacial score (nSPS) is 10.4. The maximum atomic E-state index is 12.1. The van der Waals surface area contributed by atoms with Gasteiger partial charge in [0.1, 0.15) is 0 Å². The van der Waals surface area contributed by atoms with Crippen LogP contribution in [0, 0.1) is 0 Å². The number of hydrogen-bond acceptors (Lipinski definition) is 3. The number of hydrogen-bond donors (Lipinski definition) is 1. The molecule has 2 rings (SSSR count). The third-order valence-corrected chi connectivity index (χ3v) is 4.65. The molecule has 0 saturated carbocycles. The molecule has 0 aliphatic heterocycles. The van der Waals surface area contributed by atoms with Crippen LogP contribution in [0.2, 0.25) is 5.02 Å². The van der Waals surface area contributed by atoms with E-state index >= 15 is 0 Å². The van der Waals surface area contributed by atoms with Gasteiger partial charge in [-0.25, -0.2) is 0 Å². The van der Waals surface area contributed by atoms with E-state index in [0.29, 0.717) is 17.1 Å². The summed E-state index contributed by atoms with van der Waals surface area (Å²) in [6.07, 6.45) is 2.82. The molecule has 0 unspecified atom stereocenters. The first-order chi connectivity index (χ1) is 9.20. The first-order valence-corrected chi connectivity index (χ1v) is 8.33. The second-order valence-corrected chi connectivity index (χ2v) is 6.25. The van der Waals surface area contributed by atoms with Crippen LogP contribution in [0.3, 0.4) is 0 Å². The van der Waals surface area contributed by atoms with Gasteiger partial charge in [-0.1, -0.05) is 17.7 Å². The fraction of sp³-hybridized carbons (Fsp3) is 0.214. The molecule has 1 amide bonds. The summed E-state index contributed by atoms with van der Waals surface area (Å²) in [7, 11) is 0. The van der Waals surface area contributed by atoms with Gasteiger partial charge in [0, 0.05) is 16.3 Å². The van der Waals surface area contributed by atoms with Crippen molar-refractivity contribution in [1.82, 2.24) is 5.32 Å². The monoisotopic (exact) mass is 311 g/mol. The van der Waals surface area contributed by atoms with Crippen molar-refractivity contribution in [2.45, 2.75) is 11.3 Å². The molecule has 1 heterocycles. The number of carbonyl (C=O) groups excluding carboxylic acids is 1. The highest BCUT2D eigenvalue weighted by Gasteiger charge is 2.10. The maximum absolute atomic E-state index is 12.1. The smallest absolute Gasteiger partial charge is 0.252 e. The lowest BCUT2D eigenvalue weighted by Gasteiger charge is -2.07. The van der Waals surface area contributed by atoms with Gasteiger partial charge in [-0.05, 0) is 42.3 Å². The molecule has 19 heavy (non-hydrogen) atoms. The molecule has 0 saturated heterocycles. The lowest BCUT2D eigenvalue weighted by Crippen LogP contribution is -2.25. The summed E-state index contributed by atoms with van der Waals surface area (Å²) in [5, 5.41) is 5.43. The van der Waals surface area contributed by atoms with Gasteiger partial charge in [0.2, 0.25) is 0 Å². The molecule has 0 fully saturated rings. The molecular formula is C14H14ClNOS2. The minimum absolute atomic E-state index is 0.113. The van der Waals surface area contributed by atoms with Crippen LogP contribution in [-0.4, -0.2) is 18.7 Å². The van der Waals surface area contributed by atoms with E-state index in [0.717, 1.165) is 11.3 Å². The van der Waals surface area contributed by atoms with Crippen LogP contribution in [0.5, 0.6) is 0 Å². The van der Waals surface area contributed by atoms with E-state index in [1.807, 2.05) is 29.8 Å². The number of thioether (sulfide) groups is 1. The summed E-state index contributed by atoms with van der Waals surface area (Å²) < 4.78 is 0. The summed E-state index contributed by atoms with van der Waals surface area (Å²) in [5.74, 6) is -0.113. The summed E-state index contributed by atoms with van der Waals surface area (Å²) in [5.41, 5.74) is 0.541. The molecule has 2 aromatic rings. The summed E-state index contributed by atoms with van der Waals surface area (Å²) in [4.78, 5) is 14.4. The van der Waals surface area contributed by atoms with Crippen molar-refractivity contribution in [3.05, 3.63) is 51.2 Å². The number of carbonyl (C=O) groups is 1. The van der Waals surface area contributed by atoms with E-state index in [9.17, 15) is 4.79 Å². The number of halogens is 1. The molecule has 0 bridgehead atoms. The van der Waals surface area contributed by atoms with Crippen LogP contribution >= 0.6 is 34.7 Å². The van der Waals surface area contributed by atoms with E-state index in [1.54, 1.807) is 29.2 Å². The van der Waals surface area contributed by atoms with Gasteiger partial charge in [0.15, 0.2) is 0 Å². The van der Waals surface area contributed by atoms with Crippen molar-refractivity contribution in [2.24, 2.45) is 0 Å². The zero-order valence-corrected chi connectivity index (χ0v) is 12.9. The van der Waals surface area contributed by atoms with Gasteiger partial charge in [-0.15, -0.1) is 23.1 Å². The quantitative estimate of drug-likeness (QED) is 0.842. The number of thiophene rings is 1. The Labute approximate surface area is 126 Å². The van der Waals surface area contributed by atoms with Crippen LogP contribution in [0.25, 0.3) is 0 Å². The molecule has 1 aromatic carbocycles. The highest BCUT2D eigenvalue weighted by Crippen LogP contribution is 2.22. The number of benzene rings is 1. The zero-order chi connectivity index (χ0) is 13.7. The minimum atomic E-state index is -0.113. The second kappa shape index (κ2) is 6.98. The predicted molar refractivity (Wildman–Crippen MR) is 83.6 cm³/mol. The van der Waals surface area contributed by atoms with Crippen molar-refractivity contribution < 1.29 is 4.79 Å². The average molecular weight is 312 g/mol. The minimum Gasteiger partial charge on any atom is -0.352 e. The van der Waals surface area contributed by atoms with Crippen LogP contribution in [0.4, 0.5) is 0 Å². The fourth-order valence-electron chi connectivity index (χ4n) is 1.65. The standard InChI is InChI=1S/C14H14ClNOS2/c1-18-11-4-5-13(15)12(9-11)14(17)16-7-6-10-3-2-8-19-10/h2-5,8-9H,6-7H2,1H3,(H,16,17). The van der Waals surface area contributed by atoms with Gasteiger partial charge >= 0.3 is 0 Å². The topological polar surface area (TPSA) is 29.1 Å². The molecule has 5 heteroatoms. The molecule has 0 aliphatic carbocycles. The Morgan fingerprint density at radius 2 is 2.26 bits per heavy atom. The van der Waals surface area contributed by atoms with E-state index in [4.69, 9.17) is 11.6 Å². The largest absolute Gasteiger partial charge is 0.352 e. The molecule has 0 atom stereocenters. The van der Waals surface area contributed by atoms with E-state index in [-0.39, 0.29) is 5.91 Å². The third kappa shape index (κ3) is 4.00. The third-order valence-electron chi connectivity index (χ3n) is 2.66. The molecule has 0 radical (unpaired) electrons. The highest BCUT2D eigenvalue weighted by atomic mass is 35.5. The molecular weight excluding hydrogens is 298 g/mol. The molecule has 1 N–H and O–H groups in total. The molecule has 2 nitrogen and oxygen atoms in total. The molecule has 0 spiro atoms. The van der Waals surface area contributed by atoms with Crippen LogP contribution in [0.1, 0.15) is 15.2 Å². The van der Waals surface area contributed by atoms with Crippen LogP contribution in [0.15, 0.2) is 40.6 Å². The van der Waals surface area contributed by atoms with E-state index in [2.05, 4.69) is 11.4 Å². The average Bonchev–Trinajstić information content (AvgIpc) is 2.92. The molecule has 0 aliphatic rings. The summed E-state index contributed by atoms with van der Waals surface area (Å²) in [6, 6.07) is 9.59.